The SMILES string of the molecule is CC(C)(C)OC(=O)N1CCCCC1CC(=O)C1CCCCC1. The van der Waals surface area contributed by atoms with Crippen LogP contribution in [0.1, 0.15) is 78.6 Å². The van der Waals surface area contributed by atoms with Crippen molar-refractivity contribution in [3.63, 3.8) is 0 Å². The van der Waals surface area contributed by atoms with Gasteiger partial charge in [0.15, 0.2) is 0 Å². The van der Waals surface area contributed by atoms with Crippen molar-refractivity contribution in [2.24, 2.45) is 5.92 Å². The summed E-state index contributed by atoms with van der Waals surface area (Å²) in [4.78, 5) is 26.7. The Bertz CT molecular complexity index is 394. The van der Waals surface area contributed by atoms with E-state index in [0.29, 0.717) is 12.2 Å². The number of Topliss-reactive ketones (excluding diaryl/α,β-unsaturated/α-hetero) is 1. The van der Waals surface area contributed by atoms with Crippen molar-refractivity contribution < 1.29 is 14.3 Å². The maximum absolute atomic E-state index is 12.5. The third-order valence-corrected chi connectivity index (χ3v) is 4.75. The highest BCUT2D eigenvalue weighted by atomic mass is 16.6. The number of nitrogens with zero attached hydrogens (tertiary/aromatic N) is 1. The average Bonchev–Trinajstić information content (AvgIpc) is 2.47. The molecule has 2 aliphatic rings. The zero-order valence-corrected chi connectivity index (χ0v) is 14.4. The second-order valence-electron chi connectivity index (χ2n) is 7.83. The van der Waals surface area contributed by atoms with Crippen LogP contribution in [-0.2, 0) is 9.53 Å². The molecule has 0 aromatic rings. The Morgan fingerprint density at radius 1 is 1.00 bits per heavy atom. The highest BCUT2D eigenvalue weighted by Gasteiger charge is 2.33. The van der Waals surface area contributed by atoms with Crippen LogP contribution in [0.15, 0.2) is 0 Å². The Morgan fingerprint density at radius 3 is 2.27 bits per heavy atom. The van der Waals surface area contributed by atoms with Gasteiger partial charge in [0.1, 0.15) is 11.4 Å². The van der Waals surface area contributed by atoms with Gasteiger partial charge in [0.25, 0.3) is 0 Å². The minimum Gasteiger partial charge on any atom is -0.444 e. The first-order chi connectivity index (χ1) is 10.4. The Morgan fingerprint density at radius 2 is 1.64 bits per heavy atom. The molecule has 1 saturated heterocycles. The van der Waals surface area contributed by atoms with Crippen LogP contribution in [0, 0.1) is 5.92 Å². The predicted octanol–water partition coefficient (Wildman–Crippen LogP) is 4.32. The van der Waals surface area contributed by atoms with Gasteiger partial charge < -0.3 is 9.64 Å². The van der Waals surface area contributed by atoms with Gasteiger partial charge in [0.2, 0.25) is 0 Å². The molecule has 4 nitrogen and oxygen atoms in total. The molecule has 1 aliphatic heterocycles. The molecule has 2 fully saturated rings. The molecule has 0 radical (unpaired) electrons. The third kappa shape index (κ3) is 4.99. The number of ether oxygens (including phenoxy) is 1. The van der Waals surface area contributed by atoms with Crippen molar-refractivity contribution in [2.75, 3.05) is 6.54 Å². The largest absolute Gasteiger partial charge is 0.444 e. The standard InChI is InChI=1S/C18H31NO3/c1-18(2,3)22-17(21)19-12-8-7-11-15(19)13-16(20)14-9-5-4-6-10-14/h14-15H,4-13H2,1-3H3. The average molecular weight is 309 g/mol. The van der Waals surface area contributed by atoms with Gasteiger partial charge in [-0.15, -0.1) is 0 Å². The molecule has 4 heteroatoms. The zero-order chi connectivity index (χ0) is 16.2. The van der Waals surface area contributed by atoms with Crippen molar-refractivity contribution in [2.45, 2.75) is 90.2 Å². The number of amides is 1. The molecule has 126 valence electrons. The van der Waals surface area contributed by atoms with Crippen molar-refractivity contribution in [1.82, 2.24) is 4.90 Å². The Kier molecular flexibility index (Phi) is 5.87. The van der Waals surface area contributed by atoms with Crippen molar-refractivity contribution >= 4 is 11.9 Å². The van der Waals surface area contributed by atoms with E-state index in [9.17, 15) is 9.59 Å². The minimum atomic E-state index is -0.480. The van der Waals surface area contributed by atoms with Crippen LogP contribution in [0.25, 0.3) is 0 Å². The van der Waals surface area contributed by atoms with Crippen LogP contribution >= 0.6 is 0 Å². The van der Waals surface area contributed by atoms with E-state index in [1.807, 2.05) is 20.8 Å². The lowest BCUT2D eigenvalue weighted by molar-refractivity contribution is -0.125. The molecule has 0 bridgehead atoms. The molecular weight excluding hydrogens is 278 g/mol. The van der Waals surface area contributed by atoms with E-state index >= 15 is 0 Å². The number of hydrogen-bond acceptors (Lipinski definition) is 3. The lowest BCUT2D eigenvalue weighted by Crippen LogP contribution is -2.47. The molecule has 1 amide bonds. The Hall–Kier alpha value is -1.06. The van der Waals surface area contributed by atoms with Gasteiger partial charge in [-0.2, -0.15) is 0 Å². The van der Waals surface area contributed by atoms with Gasteiger partial charge in [-0.25, -0.2) is 4.79 Å². The van der Waals surface area contributed by atoms with E-state index in [1.54, 1.807) is 4.90 Å². The number of likely N-dealkylation sites (tertiary alicyclic amines) is 1. The van der Waals surface area contributed by atoms with Crippen LogP contribution in [0.2, 0.25) is 0 Å². The first kappa shape index (κ1) is 17.3. The molecule has 1 aliphatic carbocycles. The summed E-state index contributed by atoms with van der Waals surface area (Å²) in [5.41, 5.74) is -0.480. The molecule has 1 unspecified atom stereocenters. The second-order valence-corrected chi connectivity index (χ2v) is 7.83. The zero-order valence-electron chi connectivity index (χ0n) is 14.4. The molecule has 0 N–H and O–H groups in total. The van der Waals surface area contributed by atoms with Crippen molar-refractivity contribution in [3.8, 4) is 0 Å². The van der Waals surface area contributed by atoms with E-state index in [-0.39, 0.29) is 18.1 Å². The van der Waals surface area contributed by atoms with E-state index in [4.69, 9.17) is 4.74 Å². The predicted molar refractivity (Wildman–Crippen MR) is 86.8 cm³/mol. The molecular formula is C18H31NO3. The van der Waals surface area contributed by atoms with Gasteiger partial charge in [-0.05, 0) is 52.9 Å². The normalized spacial score (nSPS) is 24.1. The van der Waals surface area contributed by atoms with Crippen LogP contribution < -0.4 is 0 Å². The third-order valence-electron chi connectivity index (χ3n) is 4.75. The van der Waals surface area contributed by atoms with Gasteiger partial charge in [0.05, 0.1) is 0 Å². The highest BCUT2D eigenvalue weighted by Crippen LogP contribution is 2.29. The molecule has 1 saturated carbocycles. The molecule has 0 aromatic carbocycles. The summed E-state index contributed by atoms with van der Waals surface area (Å²) in [6.45, 7) is 6.38. The fourth-order valence-electron chi connectivity index (χ4n) is 3.60. The van der Waals surface area contributed by atoms with Gasteiger partial charge in [-0.1, -0.05) is 19.3 Å². The van der Waals surface area contributed by atoms with E-state index < -0.39 is 5.60 Å². The molecule has 1 atom stereocenters. The van der Waals surface area contributed by atoms with Crippen LogP contribution in [0.3, 0.4) is 0 Å². The quantitative estimate of drug-likeness (QED) is 0.780. The maximum atomic E-state index is 12.5. The number of piperidine rings is 1. The van der Waals surface area contributed by atoms with Crippen LogP contribution in [-0.4, -0.2) is 35.0 Å². The summed E-state index contributed by atoms with van der Waals surface area (Å²) in [6, 6.07) is 0.0398. The van der Waals surface area contributed by atoms with Crippen LogP contribution in [0.5, 0.6) is 0 Å². The van der Waals surface area contributed by atoms with E-state index in [1.165, 1.54) is 19.3 Å². The number of carbonyl (C=O) groups excluding carboxylic acids is 2. The fourth-order valence-corrected chi connectivity index (χ4v) is 3.60. The van der Waals surface area contributed by atoms with E-state index in [2.05, 4.69) is 0 Å². The Balaban J connectivity index is 1.94. The maximum Gasteiger partial charge on any atom is 0.410 e. The number of rotatable bonds is 3. The second kappa shape index (κ2) is 7.47. The molecule has 0 spiro atoms. The lowest BCUT2D eigenvalue weighted by atomic mass is 9.83. The summed E-state index contributed by atoms with van der Waals surface area (Å²) < 4.78 is 5.51. The summed E-state index contributed by atoms with van der Waals surface area (Å²) in [7, 11) is 0. The topological polar surface area (TPSA) is 46.6 Å². The van der Waals surface area contributed by atoms with Crippen molar-refractivity contribution in [1.29, 1.82) is 0 Å². The minimum absolute atomic E-state index is 0.0398. The first-order valence-corrected chi connectivity index (χ1v) is 8.89. The van der Waals surface area contributed by atoms with Gasteiger partial charge in [-0.3, -0.25) is 4.79 Å². The number of hydrogen-bond donors (Lipinski definition) is 0. The summed E-state index contributed by atoms with van der Waals surface area (Å²) in [5, 5.41) is 0. The first-order valence-electron chi connectivity index (χ1n) is 8.89. The molecule has 22 heavy (non-hydrogen) atoms. The van der Waals surface area contributed by atoms with E-state index in [0.717, 1.165) is 38.6 Å². The summed E-state index contributed by atoms with van der Waals surface area (Å²) >= 11 is 0. The smallest absolute Gasteiger partial charge is 0.410 e. The van der Waals surface area contributed by atoms with Gasteiger partial charge in [0, 0.05) is 24.9 Å². The number of carbonyl (C=O) groups is 2. The Labute approximate surface area is 134 Å². The number of ketones is 1. The monoisotopic (exact) mass is 309 g/mol. The van der Waals surface area contributed by atoms with Crippen LogP contribution in [0.4, 0.5) is 4.79 Å². The summed E-state index contributed by atoms with van der Waals surface area (Å²) in [5.74, 6) is 0.594. The summed E-state index contributed by atoms with van der Waals surface area (Å²) in [6.07, 6.45) is 8.99. The fraction of sp³-hybridized carbons (Fsp3) is 0.889. The molecule has 1 heterocycles. The molecule has 0 aromatic heterocycles. The molecule has 2 rings (SSSR count). The van der Waals surface area contributed by atoms with Gasteiger partial charge >= 0.3 is 6.09 Å². The highest BCUT2D eigenvalue weighted by molar-refractivity contribution is 5.82. The van der Waals surface area contributed by atoms with Crippen molar-refractivity contribution in [3.05, 3.63) is 0 Å². The lowest BCUT2D eigenvalue weighted by Gasteiger charge is -2.37.